The zero-order valence-corrected chi connectivity index (χ0v) is 13.8. The lowest BCUT2D eigenvalue weighted by molar-refractivity contribution is 0.979. The minimum absolute atomic E-state index is 0.110. The summed E-state index contributed by atoms with van der Waals surface area (Å²) >= 11 is 0. The molecule has 0 aliphatic heterocycles. The monoisotopic (exact) mass is 319 g/mol. The van der Waals surface area contributed by atoms with E-state index in [0.29, 0.717) is 0 Å². The van der Waals surface area contributed by atoms with E-state index in [0.717, 1.165) is 21.9 Å². The summed E-state index contributed by atoms with van der Waals surface area (Å²) in [5.41, 5.74) is 4.33. The maximum Gasteiger partial charge on any atom is 0.0998 e. The van der Waals surface area contributed by atoms with Crippen LogP contribution in [0.15, 0.2) is 97.1 Å². The highest BCUT2D eigenvalue weighted by molar-refractivity contribution is 5.89. The van der Waals surface area contributed by atoms with Gasteiger partial charge in [0.15, 0.2) is 0 Å². The van der Waals surface area contributed by atoms with E-state index in [-0.39, 0.29) is 5.92 Å². The molecule has 118 valence electrons. The van der Waals surface area contributed by atoms with Crippen molar-refractivity contribution in [3.8, 4) is 6.07 Å². The highest BCUT2D eigenvalue weighted by Gasteiger charge is 2.18. The SMILES string of the molecule is N#Cc1cc(C(c2ccccc2)c2ccccc2)cc2ccccc12. The number of nitrogens with zero attached hydrogens (tertiary/aromatic N) is 1. The molecule has 0 spiro atoms. The molecule has 0 heterocycles. The molecule has 0 radical (unpaired) electrons. The van der Waals surface area contributed by atoms with Crippen molar-refractivity contribution in [3.63, 3.8) is 0 Å². The van der Waals surface area contributed by atoms with E-state index in [1.54, 1.807) is 0 Å². The summed E-state index contributed by atoms with van der Waals surface area (Å²) in [6, 6.07) is 35.6. The van der Waals surface area contributed by atoms with Gasteiger partial charge in [0.05, 0.1) is 11.6 Å². The Balaban J connectivity index is 1.97. The van der Waals surface area contributed by atoms with Gasteiger partial charge in [-0.3, -0.25) is 0 Å². The molecular weight excluding hydrogens is 302 g/mol. The fourth-order valence-corrected chi connectivity index (χ4v) is 3.46. The van der Waals surface area contributed by atoms with Gasteiger partial charge in [-0.05, 0) is 33.5 Å². The van der Waals surface area contributed by atoms with Crippen molar-refractivity contribution < 1.29 is 0 Å². The van der Waals surface area contributed by atoms with Gasteiger partial charge in [0, 0.05) is 5.92 Å². The second kappa shape index (κ2) is 6.63. The molecule has 4 aromatic rings. The first-order valence-electron chi connectivity index (χ1n) is 8.39. The van der Waals surface area contributed by atoms with Crippen LogP contribution in [-0.4, -0.2) is 0 Å². The zero-order chi connectivity index (χ0) is 17.1. The molecule has 1 heteroatoms. The van der Waals surface area contributed by atoms with Gasteiger partial charge in [-0.1, -0.05) is 91.0 Å². The molecule has 0 saturated carbocycles. The first-order valence-corrected chi connectivity index (χ1v) is 8.39. The average Bonchev–Trinajstić information content (AvgIpc) is 2.69. The fraction of sp³-hybridized carbons (Fsp3) is 0.0417. The van der Waals surface area contributed by atoms with Crippen LogP contribution < -0.4 is 0 Å². The van der Waals surface area contributed by atoms with Crippen molar-refractivity contribution in [2.45, 2.75) is 5.92 Å². The number of hydrogen-bond donors (Lipinski definition) is 0. The minimum atomic E-state index is 0.110. The lowest BCUT2D eigenvalue weighted by Crippen LogP contribution is -2.04. The van der Waals surface area contributed by atoms with Crippen LogP contribution in [0.25, 0.3) is 10.8 Å². The van der Waals surface area contributed by atoms with Crippen molar-refractivity contribution >= 4 is 10.8 Å². The average molecular weight is 319 g/mol. The highest BCUT2D eigenvalue weighted by atomic mass is 14.3. The van der Waals surface area contributed by atoms with Gasteiger partial charge in [0.1, 0.15) is 0 Å². The van der Waals surface area contributed by atoms with Gasteiger partial charge in [0.25, 0.3) is 0 Å². The molecule has 4 rings (SSSR count). The Morgan fingerprint density at radius 3 is 1.76 bits per heavy atom. The molecule has 0 atom stereocenters. The first-order chi connectivity index (χ1) is 12.4. The van der Waals surface area contributed by atoms with Crippen LogP contribution in [0.3, 0.4) is 0 Å². The van der Waals surface area contributed by atoms with Gasteiger partial charge in [-0.25, -0.2) is 0 Å². The molecule has 0 bridgehead atoms. The van der Waals surface area contributed by atoms with Gasteiger partial charge in [0.2, 0.25) is 0 Å². The molecule has 1 nitrogen and oxygen atoms in total. The van der Waals surface area contributed by atoms with Crippen molar-refractivity contribution in [1.29, 1.82) is 5.26 Å². The Morgan fingerprint density at radius 2 is 1.16 bits per heavy atom. The van der Waals surface area contributed by atoms with Gasteiger partial charge in [-0.15, -0.1) is 0 Å². The molecule has 25 heavy (non-hydrogen) atoms. The van der Waals surface area contributed by atoms with E-state index in [1.807, 2.05) is 36.4 Å². The highest BCUT2D eigenvalue weighted by Crippen LogP contribution is 2.34. The zero-order valence-electron chi connectivity index (χ0n) is 13.8. The van der Waals surface area contributed by atoms with Gasteiger partial charge in [-0.2, -0.15) is 5.26 Å². The Labute approximate surface area is 147 Å². The Bertz CT molecular complexity index is 1000. The van der Waals surface area contributed by atoms with Crippen LogP contribution in [0.4, 0.5) is 0 Å². The molecular formula is C24H17N. The number of fused-ring (bicyclic) bond motifs is 1. The second-order valence-corrected chi connectivity index (χ2v) is 6.16. The summed E-state index contributed by atoms with van der Waals surface area (Å²) in [6.07, 6.45) is 0. The van der Waals surface area contributed by atoms with Crippen LogP contribution in [0, 0.1) is 11.3 Å². The summed E-state index contributed by atoms with van der Waals surface area (Å²) < 4.78 is 0. The molecule has 0 N–H and O–H groups in total. The predicted octanol–water partition coefficient (Wildman–Crippen LogP) is 5.89. The van der Waals surface area contributed by atoms with Crippen molar-refractivity contribution in [3.05, 3.63) is 119 Å². The maximum atomic E-state index is 9.63. The normalized spacial score (nSPS) is 10.7. The quantitative estimate of drug-likeness (QED) is 0.432. The third-order valence-electron chi connectivity index (χ3n) is 4.60. The van der Waals surface area contributed by atoms with Crippen molar-refractivity contribution in [2.75, 3.05) is 0 Å². The van der Waals surface area contributed by atoms with Crippen molar-refractivity contribution in [2.24, 2.45) is 0 Å². The van der Waals surface area contributed by atoms with Crippen LogP contribution in [-0.2, 0) is 0 Å². The van der Waals surface area contributed by atoms with E-state index in [9.17, 15) is 5.26 Å². The van der Waals surface area contributed by atoms with Gasteiger partial charge >= 0.3 is 0 Å². The number of nitriles is 1. The Kier molecular flexibility index (Phi) is 4.02. The first kappa shape index (κ1) is 15.2. The van der Waals surface area contributed by atoms with E-state index in [4.69, 9.17) is 0 Å². The molecule has 4 aromatic carbocycles. The molecule has 0 aliphatic rings. The molecule has 0 aliphatic carbocycles. The Hall–Kier alpha value is -3.37. The maximum absolute atomic E-state index is 9.63. The van der Waals surface area contributed by atoms with Crippen LogP contribution in [0.2, 0.25) is 0 Å². The third-order valence-corrected chi connectivity index (χ3v) is 4.60. The number of hydrogen-bond acceptors (Lipinski definition) is 1. The standard InChI is InChI=1S/C24H17N/c25-17-22-16-21(15-20-13-7-8-14-23(20)22)24(18-9-3-1-4-10-18)19-11-5-2-6-12-19/h1-16,24H. The predicted molar refractivity (Wildman–Crippen MR) is 102 cm³/mol. The smallest absolute Gasteiger partial charge is 0.0998 e. The largest absolute Gasteiger partial charge is 0.192 e. The van der Waals surface area contributed by atoms with Gasteiger partial charge < -0.3 is 0 Å². The van der Waals surface area contributed by atoms with E-state index in [2.05, 4.69) is 66.7 Å². The van der Waals surface area contributed by atoms with Crippen LogP contribution >= 0.6 is 0 Å². The molecule has 0 aromatic heterocycles. The minimum Gasteiger partial charge on any atom is -0.192 e. The molecule has 0 amide bonds. The van der Waals surface area contributed by atoms with E-state index < -0.39 is 0 Å². The lowest BCUT2D eigenvalue weighted by atomic mass is 9.83. The van der Waals surface area contributed by atoms with E-state index in [1.165, 1.54) is 11.1 Å². The molecule has 0 fully saturated rings. The third kappa shape index (κ3) is 2.91. The van der Waals surface area contributed by atoms with Crippen LogP contribution in [0.5, 0.6) is 0 Å². The van der Waals surface area contributed by atoms with Crippen LogP contribution in [0.1, 0.15) is 28.2 Å². The molecule has 0 unspecified atom stereocenters. The fourth-order valence-electron chi connectivity index (χ4n) is 3.46. The Morgan fingerprint density at radius 1 is 0.600 bits per heavy atom. The topological polar surface area (TPSA) is 23.8 Å². The summed E-state index contributed by atoms with van der Waals surface area (Å²) in [5.74, 6) is 0.110. The number of benzene rings is 4. The lowest BCUT2D eigenvalue weighted by Gasteiger charge is -2.20. The summed E-state index contributed by atoms with van der Waals surface area (Å²) in [5, 5.41) is 11.7. The van der Waals surface area contributed by atoms with Crippen molar-refractivity contribution in [1.82, 2.24) is 0 Å². The molecule has 0 saturated heterocycles. The summed E-state index contributed by atoms with van der Waals surface area (Å²) in [6.45, 7) is 0. The summed E-state index contributed by atoms with van der Waals surface area (Å²) in [7, 11) is 0. The second-order valence-electron chi connectivity index (χ2n) is 6.16. The van der Waals surface area contributed by atoms with E-state index >= 15 is 0 Å². The number of rotatable bonds is 3. The summed E-state index contributed by atoms with van der Waals surface area (Å²) in [4.78, 5) is 0.